The van der Waals surface area contributed by atoms with Gasteiger partial charge in [0.2, 0.25) is 0 Å². The van der Waals surface area contributed by atoms with E-state index in [9.17, 15) is 0 Å². The molecule has 2 heterocycles. The minimum absolute atomic E-state index is 0. The molecule has 1 saturated heterocycles. The van der Waals surface area contributed by atoms with Crippen molar-refractivity contribution in [2.45, 2.75) is 36.6 Å². The Morgan fingerprint density at radius 1 is 1.48 bits per heavy atom. The predicted octanol–water partition coefficient (Wildman–Crippen LogP) is 2.99. The van der Waals surface area contributed by atoms with Crippen LogP contribution in [0.4, 0.5) is 0 Å². The summed E-state index contributed by atoms with van der Waals surface area (Å²) in [6.45, 7) is 6.99. The van der Waals surface area contributed by atoms with Gasteiger partial charge in [0.05, 0.1) is 12.7 Å². The van der Waals surface area contributed by atoms with Crippen molar-refractivity contribution < 1.29 is 9.47 Å². The van der Waals surface area contributed by atoms with Gasteiger partial charge in [-0.25, -0.2) is 4.98 Å². The molecule has 6 nitrogen and oxygen atoms in total. The first-order valence-electron chi connectivity index (χ1n) is 8.62. The normalized spacial score (nSPS) is 17.3. The maximum Gasteiger partial charge on any atom is 0.191 e. The number of hydrogen-bond donors (Lipinski definition) is 2. The lowest BCUT2D eigenvalue weighted by Gasteiger charge is -2.12. The minimum Gasteiger partial charge on any atom is -0.379 e. The highest BCUT2D eigenvalue weighted by Gasteiger charge is 2.15. The van der Waals surface area contributed by atoms with Gasteiger partial charge in [0.1, 0.15) is 4.34 Å². The van der Waals surface area contributed by atoms with E-state index in [1.54, 1.807) is 23.1 Å². The molecule has 2 rings (SSSR count). The van der Waals surface area contributed by atoms with E-state index in [4.69, 9.17) is 9.47 Å². The molecule has 9 heteroatoms. The van der Waals surface area contributed by atoms with Crippen molar-refractivity contribution in [3.05, 3.63) is 11.6 Å². The molecule has 1 aromatic heterocycles. The molecular formula is C16H29IN4O2S2. The molecule has 1 atom stereocenters. The Kier molecular flexibility index (Phi) is 13.8. The molecular weight excluding hydrogens is 471 g/mol. The maximum atomic E-state index is 5.76. The van der Waals surface area contributed by atoms with E-state index >= 15 is 0 Å². The highest BCUT2D eigenvalue weighted by atomic mass is 127. The molecule has 2 N–H and O–H groups in total. The number of nitrogens with one attached hydrogen (secondary N) is 2. The Morgan fingerprint density at radius 3 is 3.12 bits per heavy atom. The van der Waals surface area contributed by atoms with Crippen LogP contribution in [0.3, 0.4) is 0 Å². The molecule has 0 bridgehead atoms. The first-order valence-corrected chi connectivity index (χ1v) is 10.5. The molecule has 1 aliphatic rings. The van der Waals surface area contributed by atoms with Crippen molar-refractivity contribution in [3.63, 3.8) is 0 Å². The van der Waals surface area contributed by atoms with Gasteiger partial charge in [0, 0.05) is 50.2 Å². The van der Waals surface area contributed by atoms with Crippen LogP contribution in [0.25, 0.3) is 0 Å². The second kappa shape index (κ2) is 15.0. The Bertz CT molecular complexity index is 457. The quantitative estimate of drug-likeness (QED) is 0.160. The molecule has 1 aromatic rings. The van der Waals surface area contributed by atoms with Crippen molar-refractivity contribution in [2.75, 3.05) is 45.2 Å². The number of halogens is 1. The zero-order valence-corrected chi connectivity index (χ0v) is 18.7. The van der Waals surface area contributed by atoms with Gasteiger partial charge in [-0.15, -0.1) is 35.3 Å². The molecule has 1 fully saturated rings. The summed E-state index contributed by atoms with van der Waals surface area (Å²) in [6, 6.07) is 0. The fraction of sp³-hybridized carbons (Fsp3) is 0.750. The van der Waals surface area contributed by atoms with Crippen LogP contribution in [0.1, 0.15) is 26.2 Å². The van der Waals surface area contributed by atoms with Crippen LogP contribution in [0.15, 0.2) is 20.9 Å². The number of aromatic nitrogens is 1. The summed E-state index contributed by atoms with van der Waals surface area (Å²) in [4.78, 5) is 8.88. The Labute approximate surface area is 176 Å². The van der Waals surface area contributed by atoms with Gasteiger partial charge in [-0.3, -0.25) is 4.99 Å². The molecule has 0 saturated carbocycles. The van der Waals surface area contributed by atoms with E-state index < -0.39 is 0 Å². The average molecular weight is 500 g/mol. The number of thiazole rings is 1. The van der Waals surface area contributed by atoms with E-state index in [1.807, 2.05) is 11.6 Å². The van der Waals surface area contributed by atoms with Gasteiger partial charge in [-0.2, -0.15) is 0 Å². The van der Waals surface area contributed by atoms with Gasteiger partial charge in [0.25, 0.3) is 0 Å². The lowest BCUT2D eigenvalue weighted by atomic mass is 10.3. The number of hydrogen-bond acceptors (Lipinski definition) is 6. The molecule has 144 valence electrons. The summed E-state index contributed by atoms with van der Waals surface area (Å²) in [7, 11) is 0. The lowest BCUT2D eigenvalue weighted by molar-refractivity contribution is 0.0420. The van der Waals surface area contributed by atoms with Crippen molar-refractivity contribution in [1.29, 1.82) is 0 Å². The Hall–Kier alpha value is -0.100. The number of rotatable bonds is 11. The van der Waals surface area contributed by atoms with Crippen molar-refractivity contribution in [3.8, 4) is 0 Å². The SMILES string of the molecule is CCNC(=NCCCSc1nccs1)NCCCOC1CCOC1.I. The maximum absolute atomic E-state index is 5.76. The first kappa shape index (κ1) is 22.9. The van der Waals surface area contributed by atoms with E-state index in [-0.39, 0.29) is 24.0 Å². The third kappa shape index (κ3) is 10.6. The molecule has 0 amide bonds. The van der Waals surface area contributed by atoms with E-state index in [0.29, 0.717) is 6.10 Å². The smallest absolute Gasteiger partial charge is 0.191 e. The largest absolute Gasteiger partial charge is 0.379 e. The summed E-state index contributed by atoms with van der Waals surface area (Å²) in [6.07, 6.45) is 5.19. The van der Waals surface area contributed by atoms with Gasteiger partial charge >= 0.3 is 0 Å². The number of aliphatic imine (C=N–C) groups is 1. The molecule has 1 unspecified atom stereocenters. The predicted molar refractivity (Wildman–Crippen MR) is 117 cm³/mol. The zero-order valence-electron chi connectivity index (χ0n) is 14.7. The zero-order chi connectivity index (χ0) is 16.9. The molecule has 0 aromatic carbocycles. The number of ether oxygens (including phenoxy) is 2. The van der Waals surface area contributed by atoms with Crippen LogP contribution < -0.4 is 10.6 Å². The number of guanidine groups is 1. The van der Waals surface area contributed by atoms with Crippen LogP contribution in [0, 0.1) is 0 Å². The number of thioether (sulfide) groups is 1. The van der Waals surface area contributed by atoms with Crippen molar-refractivity contribution in [1.82, 2.24) is 15.6 Å². The third-order valence-electron chi connectivity index (χ3n) is 3.41. The van der Waals surface area contributed by atoms with E-state index in [2.05, 4.69) is 27.5 Å². The average Bonchev–Trinajstić information content (AvgIpc) is 3.27. The molecule has 25 heavy (non-hydrogen) atoms. The summed E-state index contributed by atoms with van der Waals surface area (Å²) < 4.78 is 12.2. The first-order chi connectivity index (χ1) is 11.9. The molecule has 0 spiro atoms. The fourth-order valence-electron chi connectivity index (χ4n) is 2.21. The summed E-state index contributed by atoms with van der Waals surface area (Å²) in [5.74, 6) is 1.94. The van der Waals surface area contributed by atoms with Crippen LogP contribution in [0.5, 0.6) is 0 Å². The van der Waals surface area contributed by atoms with Gasteiger partial charge in [0.15, 0.2) is 5.96 Å². The molecule has 0 radical (unpaired) electrons. The van der Waals surface area contributed by atoms with Crippen LogP contribution in [0.2, 0.25) is 0 Å². The third-order valence-corrected chi connectivity index (χ3v) is 5.46. The van der Waals surface area contributed by atoms with Crippen molar-refractivity contribution in [2.24, 2.45) is 4.99 Å². The summed E-state index contributed by atoms with van der Waals surface area (Å²) in [5, 5.41) is 8.65. The lowest BCUT2D eigenvalue weighted by Crippen LogP contribution is -2.38. The van der Waals surface area contributed by atoms with Gasteiger partial charge < -0.3 is 20.1 Å². The summed E-state index contributed by atoms with van der Waals surface area (Å²) in [5.41, 5.74) is 0. The number of nitrogens with zero attached hydrogens (tertiary/aromatic N) is 2. The van der Waals surface area contributed by atoms with Crippen LogP contribution >= 0.6 is 47.1 Å². The second-order valence-corrected chi connectivity index (χ2v) is 7.63. The van der Waals surface area contributed by atoms with E-state index in [1.165, 1.54) is 0 Å². The minimum atomic E-state index is 0. The Morgan fingerprint density at radius 2 is 2.40 bits per heavy atom. The Balaban J connectivity index is 0.00000312. The van der Waals surface area contributed by atoms with Crippen LogP contribution in [-0.2, 0) is 9.47 Å². The van der Waals surface area contributed by atoms with Gasteiger partial charge in [-0.1, -0.05) is 11.8 Å². The summed E-state index contributed by atoms with van der Waals surface area (Å²) >= 11 is 3.49. The van der Waals surface area contributed by atoms with E-state index in [0.717, 1.165) is 74.8 Å². The van der Waals surface area contributed by atoms with Crippen molar-refractivity contribution >= 4 is 53.0 Å². The molecule has 0 aliphatic carbocycles. The standard InChI is InChI=1S/C16H28N4O2S2.HI/c1-2-17-15(18-6-3-9-22-14-5-10-21-13-14)19-7-4-11-23-16-20-8-12-24-16;/h8,12,14H,2-7,9-11,13H2,1H3,(H2,17,18,19);1H. The monoisotopic (exact) mass is 500 g/mol. The molecule has 1 aliphatic heterocycles. The highest BCUT2D eigenvalue weighted by molar-refractivity contribution is 14.0. The van der Waals surface area contributed by atoms with Crippen LogP contribution in [-0.4, -0.2) is 62.3 Å². The van der Waals surface area contributed by atoms with Gasteiger partial charge in [-0.05, 0) is 26.2 Å². The highest BCUT2D eigenvalue weighted by Crippen LogP contribution is 2.20. The fourth-order valence-corrected chi connectivity index (χ4v) is 3.84. The topological polar surface area (TPSA) is 67.8 Å². The second-order valence-electron chi connectivity index (χ2n) is 5.40.